The van der Waals surface area contributed by atoms with Crippen LogP contribution in [0.25, 0.3) is 0 Å². The molecular formula is C10H15ClN2O5S2. The van der Waals surface area contributed by atoms with Gasteiger partial charge in [-0.05, 0) is 12.1 Å². The topological polar surface area (TPSA) is 107 Å². The first kappa shape index (κ1) is 17.2. The van der Waals surface area contributed by atoms with E-state index in [9.17, 15) is 17.7 Å². The number of phenolic OH excluding ortho intramolecular Hbond substituents is 1. The molecule has 0 aliphatic rings. The molecule has 0 heterocycles. The van der Waals surface area contributed by atoms with E-state index in [0.717, 1.165) is 16.4 Å². The van der Waals surface area contributed by atoms with Gasteiger partial charge in [0.05, 0.1) is 10.7 Å². The Balaban J connectivity index is 3.43. The van der Waals surface area contributed by atoms with Crippen LogP contribution in [-0.4, -0.2) is 39.7 Å². The highest BCUT2D eigenvalue weighted by Crippen LogP contribution is 2.35. The molecule has 0 aromatic heterocycles. The number of anilines is 1. The smallest absolute Gasteiger partial charge is 0.259 e. The van der Waals surface area contributed by atoms with E-state index < -0.39 is 31.9 Å². The van der Waals surface area contributed by atoms with Crippen LogP contribution in [0.1, 0.15) is 13.8 Å². The zero-order valence-corrected chi connectivity index (χ0v) is 13.2. The first-order valence-electron chi connectivity index (χ1n) is 5.64. The number of aromatic hydroxyl groups is 1. The maximum atomic E-state index is 12.3. The molecule has 1 atom stereocenters. The monoisotopic (exact) mass is 342 g/mol. The normalized spacial score (nSPS) is 13.4. The van der Waals surface area contributed by atoms with Crippen LogP contribution < -0.4 is 4.72 Å². The molecule has 10 heteroatoms. The minimum Gasteiger partial charge on any atom is -0.505 e. The first-order valence-corrected chi connectivity index (χ1v) is 8.56. The van der Waals surface area contributed by atoms with Gasteiger partial charge in [0, 0.05) is 13.1 Å². The van der Waals surface area contributed by atoms with Crippen molar-refractivity contribution in [2.75, 3.05) is 17.8 Å². The Morgan fingerprint density at radius 1 is 1.35 bits per heavy atom. The van der Waals surface area contributed by atoms with Crippen molar-refractivity contribution in [1.82, 2.24) is 4.31 Å². The SMILES string of the molecule is CCN(CC)S(=O)(=O)c1cc(NS(=O)O)cc(Cl)c1O. The molecular weight excluding hydrogens is 328 g/mol. The highest BCUT2D eigenvalue weighted by Gasteiger charge is 2.27. The van der Waals surface area contributed by atoms with Gasteiger partial charge in [0.25, 0.3) is 11.3 Å². The average Bonchev–Trinajstić information content (AvgIpc) is 2.33. The number of benzene rings is 1. The van der Waals surface area contributed by atoms with Gasteiger partial charge in [0.15, 0.2) is 5.75 Å². The fourth-order valence-corrected chi connectivity index (χ4v) is 3.82. The molecule has 114 valence electrons. The molecule has 1 rings (SSSR count). The zero-order valence-electron chi connectivity index (χ0n) is 10.8. The van der Waals surface area contributed by atoms with E-state index in [2.05, 4.69) is 4.72 Å². The van der Waals surface area contributed by atoms with Gasteiger partial charge in [-0.15, -0.1) is 0 Å². The van der Waals surface area contributed by atoms with Crippen molar-refractivity contribution in [3.63, 3.8) is 0 Å². The molecule has 0 saturated heterocycles. The fourth-order valence-electron chi connectivity index (χ4n) is 1.63. The summed E-state index contributed by atoms with van der Waals surface area (Å²) in [6, 6.07) is 2.22. The maximum absolute atomic E-state index is 12.3. The molecule has 1 aromatic rings. The quantitative estimate of drug-likeness (QED) is 0.538. The summed E-state index contributed by atoms with van der Waals surface area (Å²) >= 11 is 3.37. The predicted octanol–water partition coefficient (Wildman–Crippen LogP) is 1.62. The van der Waals surface area contributed by atoms with E-state index in [4.69, 9.17) is 16.2 Å². The molecule has 1 aromatic carbocycles. The Morgan fingerprint density at radius 2 is 1.90 bits per heavy atom. The molecule has 0 radical (unpaired) electrons. The molecule has 1 unspecified atom stereocenters. The lowest BCUT2D eigenvalue weighted by Gasteiger charge is -2.20. The number of phenols is 1. The van der Waals surface area contributed by atoms with Crippen molar-refractivity contribution in [2.45, 2.75) is 18.7 Å². The van der Waals surface area contributed by atoms with Crippen LogP contribution in [0.5, 0.6) is 5.75 Å². The van der Waals surface area contributed by atoms with Crippen LogP contribution in [0.2, 0.25) is 5.02 Å². The van der Waals surface area contributed by atoms with Crippen LogP contribution in [0.4, 0.5) is 5.69 Å². The van der Waals surface area contributed by atoms with Gasteiger partial charge in [-0.25, -0.2) is 12.6 Å². The summed E-state index contributed by atoms with van der Waals surface area (Å²) in [6.45, 7) is 3.76. The summed E-state index contributed by atoms with van der Waals surface area (Å²) in [6.07, 6.45) is 0. The average molecular weight is 343 g/mol. The van der Waals surface area contributed by atoms with Gasteiger partial charge in [0.1, 0.15) is 4.90 Å². The number of rotatable bonds is 6. The van der Waals surface area contributed by atoms with Crippen LogP contribution in [0, 0.1) is 0 Å². The zero-order chi connectivity index (χ0) is 15.5. The van der Waals surface area contributed by atoms with Crippen molar-refractivity contribution in [3.05, 3.63) is 17.2 Å². The third-order valence-electron chi connectivity index (χ3n) is 2.56. The molecule has 0 spiro atoms. The number of hydrogen-bond acceptors (Lipinski definition) is 4. The Bertz CT molecular complexity index is 616. The molecule has 0 aliphatic heterocycles. The van der Waals surface area contributed by atoms with Crippen LogP contribution in [0.15, 0.2) is 17.0 Å². The molecule has 7 nitrogen and oxygen atoms in total. The van der Waals surface area contributed by atoms with Crippen molar-refractivity contribution in [2.24, 2.45) is 0 Å². The molecule has 0 saturated carbocycles. The molecule has 3 N–H and O–H groups in total. The van der Waals surface area contributed by atoms with Gasteiger partial charge in [-0.1, -0.05) is 25.4 Å². The molecule has 0 fully saturated rings. The van der Waals surface area contributed by atoms with Gasteiger partial charge in [-0.2, -0.15) is 4.31 Å². The standard InChI is InChI=1S/C10H15ClN2O5S2/c1-3-13(4-2)20(17,18)9-6-7(12-19(15)16)5-8(11)10(9)14/h5-6,12,14H,3-4H2,1-2H3,(H,15,16). The van der Waals surface area contributed by atoms with E-state index in [1.165, 1.54) is 0 Å². The first-order chi connectivity index (χ1) is 9.23. The third-order valence-corrected chi connectivity index (χ3v) is 5.32. The van der Waals surface area contributed by atoms with Crippen LogP contribution in [0.3, 0.4) is 0 Å². The van der Waals surface area contributed by atoms with E-state index in [1.807, 2.05) is 0 Å². The Hall–Kier alpha value is -0.870. The van der Waals surface area contributed by atoms with Crippen molar-refractivity contribution >= 4 is 38.6 Å². The van der Waals surface area contributed by atoms with E-state index >= 15 is 0 Å². The number of nitrogens with zero attached hydrogens (tertiary/aromatic N) is 1. The van der Waals surface area contributed by atoms with Gasteiger partial charge in [-0.3, -0.25) is 9.27 Å². The Kier molecular flexibility index (Phi) is 5.78. The largest absolute Gasteiger partial charge is 0.505 e. The summed E-state index contributed by atoms with van der Waals surface area (Å²) in [4.78, 5) is -0.415. The number of hydrogen-bond donors (Lipinski definition) is 3. The maximum Gasteiger partial charge on any atom is 0.259 e. The van der Waals surface area contributed by atoms with Gasteiger partial charge in [0.2, 0.25) is 10.0 Å². The second-order valence-corrected chi connectivity index (χ2v) is 6.76. The van der Waals surface area contributed by atoms with Crippen LogP contribution >= 0.6 is 11.6 Å². The molecule has 0 amide bonds. The van der Waals surface area contributed by atoms with E-state index in [0.29, 0.717) is 0 Å². The summed E-state index contributed by atoms with van der Waals surface area (Å²) in [5.41, 5.74) is 0.0133. The lowest BCUT2D eigenvalue weighted by molar-refractivity contribution is 0.429. The summed E-state index contributed by atoms with van der Waals surface area (Å²) in [7, 11) is -3.93. The molecule has 0 bridgehead atoms. The second kappa shape index (κ2) is 6.72. The van der Waals surface area contributed by atoms with Crippen LogP contribution in [-0.2, 0) is 21.3 Å². The Labute approximate surface area is 125 Å². The number of halogens is 1. The third kappa shape index (κ3) is 3.61. The minimum absolute atomic E-state index is 0.0133. The minimum atomic E-state index is -3.93. The lowest BCUT2D eigenvalue weighted by Crippen LogP contribution is -2.30. The summed E-state index contributed by atoms with van der Waals surface area (Å²) in [5, 5.41) is 9.60. The number of nitrogens with one attached hydrogen (secondary N) is 1. The highest BCUT2D eigenvalue weighted by atomic mass is 35.5. The molecule has 0 aliphatic carbocycles. The van der Waals surface area contributed by atoms with Gasteiger partial charge < -0.3 is 5.11 Å². The lowest BCUT2D eigenvalue weighted by atomic mass is 10.3. The van der Waals surface area contributed by atoms with Crippen molar-refractivity contribution < 1.29 is 22.3 Å². The molecule has 20 heavy (non-hydrogen) atoms. The second-order valence-electron chi connectivity index (χ2n) is 3.75. The highest BCUT2D eigenvalue weighted by molar-refractivity contribution is 7.89. The van der Waals surface area contributed by atoms with E-state index in [-0.39, 0.29) is 23.8 Å². The fraction of sp³-hybridized carbons (Fsp3) is 0.400. The predicted molar refractivity (Wildman–Crippen MR) is 77.6 cm³/mol. The Morgan fingerprint density at radius 3 is 2.35 bits per heavy atom. The summed E-state index contributed by atoms with van der Waals surface area (Å²) < 4.78 is 47.4. The van der Waals surface area contributed by atoms with Crippen molar-refractivity contribution in [1.29, 1.82) is 0 Å². The van der Waals surface area contributed by atoms with Crippen molar-refractivity contribution in [3.8, 4) is 5.75 Å². The van der Waals surface area contributed by atoms with E-state index in [1.54, 1.807) is 13.8 Å². The van der Waals surface area contributed by atoms with Gasteiger partial charge >= 0.3 is 0 Å². The summed E-state index contributed by atoms with van der Waals surface area (Å²) in [5.74, 6) is -0.590. The number of sulfonamides is 1.